The molecule has 0 rings (SSSR count). The van der Waals surface area contributed by atoms with E-state index in [9.17, 15) is 4.39 Å². The minimum Gasteiger partial charge on any atom is -0.390 e. The third-order valence-corrected chi connectivity index (χ3v) is 0.708. The highest BCUT2D eigenvalue weighted by Gasteiger charge is 2.18. The summed E-state index contributed by atoms with van der Waals surface area (Å²) in [6, 6.07) is 0. The molecular formula is C4H9FO2. The van der Waals surface area contributed by atoms with Crippen LogP contribution in [0.3, 0.4) is 0 Å². The van der Waals surface area contributed by atoms with Crippen LogP contribution in [0, 0.1) is 0 Å². The Balaban J connectivity index is 3.36. The molecule has 0 heterocycles. The normalized spacial score (nSPS) is 18.9. The first kappa shape index (κ1) is 6.85. The van der Waals surface area contributed by atoms with Gasteiger partial charge in [-0.2, -0.15) is 0 Å². The van der Waals surface area contributed by atoms with Crippen molar-refractivity contribution in [2.75, 3.05) is 13.7 Å². The van der Waals surface area contributed by atoms with Crippen LogP contribution >= 0.6 is 0 Å². The molecule has 1 unspecified atom stereocenters. The minimum atomic E-state index is -1.86. The van der Waals surface area contributed by atoms with E-state index in [4.69, 9.17) is 5.11 Å². The fraction of sp³-hybridized carbons (Fsp3) is 1.00. The Labute approximate surface area is 41.9 Å². The molecule has 0 bridgehead atoms. The van der Waals surface area contributed by atoms with Crippen molar-refractivity contribution < 1.29 is 14.2 Å². The van der Waals surface area contributed by atoms with Crippen LogP contribution in [0.5, 0.6) is 0 Å². The minimum absolute atomic E-state index is 0.594. The Morgan fingerprint density at radius 3 is 2.29 bits per heavy atom. The summed E-state index contributed by atoms with van der Waals surface area (Å²) in [7, 11) is 1.20. The van der Waals surface area contributed by atoms with Gasteiger partial charge in [-0.25, -0.2) is 4.39 Å². The summed E-state index contributed by atoms with van der Waals surface area (Å²) in [4.78, 5) is 0. The summed E-state index contributed by atoms with van der Waals surface area (Å²) >= 11 is 0. The summed E-state index contributed by atoms with van der Waals surface area (Å²) in [6.07, 6.45) is 0. The van der Waals surface area contributed by atoms with Crippen molar-refractivity contribution in [3.8, 4) is 0 Å². The summed E-state index contributed by atoms with van der Waals surface area (Å²) in [5.74, 6) is -1.86. The van der Waals surface area contributed by atoms with Gasteiger partial charge in [0.15, 0.2) is 0 Å². The van der Waals surface area contributed by atoms with Crippen molar-refractivity contribution in [1.29, 1.82) is 0 Å². The van der Waals surface area contributed by atoms with Crippen LogP contribution < -0.4 is 0 Å². The van der Waals surface area contributed by atoms with Crippen LogP contribution in [0.1, 0.15) is 6.92 Å². The monoisotopic (exact) mass is 108 g/mol. The Kier molecular flexibility index (Phi) is 2.19. The molecule has 7 heavy (non-hydrogen) atoms. The maximum atomic E-state index is 12.1. The van der Waals surface area contributed by atoms with E-state index in [1.165, 1.54) is 7.11 Å². The predicted octanol–water partition coefficient (Wildman–Crippen LogP) is 0.311. The number of halogens is 1. The largest absolute Gasteiger partial charge is 0.390 e. The maximum absolute atomic E-state index is 12.1. The van der Waals surface area contributed by atoms with E-state index in [1.807, 2.05) is 0 Å². The number of ether oxygens (including phenoxy) is 1. The lowest BCUT2D eigenvalue weighted by atomic mass is 10.4. The smallest absolute Gasteiger partial charge is 0.229 e. The van der Waals surface area contributed by atoms with Gasteiger partial charge < -0.3 is 9.84 Å². The lowest BCUT2D eigenvalue weighted by Gasteiger charge is -2.13. The summed E-state index contributed by atoms with van der Waals surface area (Å²) < 4.78 is 16.2. The standard InChI is InChI=1S/C4H9FO2/c1-4(5,3-6)7-2/h6H,3H2,1-2H3. The number of rotatable bonds is 2. The summed E-state index contributed by atoms with van der Waals surface area (Å²) in [6.45, 7) is 0.566. The topological polar surface area (TPSA) is 29.5 Å². The molecule has 0 aromatic heterocycles. The average Bonchev–Trinajstić information content (AvgIpc) is 1.68. The van der Waals surface area contributed by atoms with Gasteiger partial charge in [-0.05, 0) is 6.92 Å². The number of hydrogen-bond donors (Lipinski definition) is 1. The highest BCUT2D eigenvalue weighted by molar-refractivity contribution is 4.53. The molecule has 0 aliphatic heterocycles. The van der Waals surface area contributed by atoms with E-state index < -0.39 is 12.5 Å². The lowest BCUT2D eigenvalue weighted by Crippen LogP contribution is -2.24. The molecule has 0 aromatic rings. The van der Waals surface area contributed by atoms with E-state index in [0.29, 0.717) is 0 Å². The molecule has 0 aliphatic carbocycles. The summed E-state index contributed by atoms with van der Waals surface area (Å²) in [5.41, 5.74) is 0. The van der Waals surface area contributed by atoms with Crippen molar-refractivity contribution >= 4 is 0 Å². The molecule has 1 N–H and O–H groups in total. The molecule has 3 heteroatoms. The Morgan fingerprint density at radius 2 is 2.29 bits per heavy atom. The molecular weight excluding hydrogens is 99.0 g/mol. The number of alkyl halides is 1. The van der Waals surface area contributed by atoms with E-state index >= 15 is 0 Å². The second kappa shape index (κ2) is 2.23. The molecule has 0 fully saturated rings. The molecule has 1 atom stereocenters. The van der Waals surface area contributed by atoms with Gasteiger partial charge in [0.1, 0.15) is 6.61 Å². The maximum Gasteiger partial charge on any atom is 0.229 e. The van der Waals surface area contributed by atoms with Crippen LogP contribution in [0.15, 0.2) is 0 Å². The number of aliphatic hydroxyl groups is 1. The Hall–Kier alpha value is -0.150. The fourth-order valence-corrected chi connectivity index (χ4v) is 0.0645. The molecule has 0 aromatic carbocycles. The van der Waals surface area contributed by atoms with Gasteiger partial charge in [0, 0.05) is 7.11 Å². The SMILES string of the molecule is COC(C)(F)CO. The zero-order valence-corrected chi connectivity index (χ0v) is 4.44. The quantitative estimate of drug-likeness (QED) is 0.551. The van der Waals surface area contributed by atoms with Crippen LogP contribution in [-0.4, -0.2) is 24.7 Å². The van der Waals surface area contributed by atoms with Crippen molar-refractivity contribution in [1.82, 2.24) is 0 Å². The zero-order chi connectivity index (χ0) is 5.91. The predicted molar refractivity (Wildman–Crippen MR) is 23.6 cm³/mol. The summed E-state index contributed by atoms with van der Waals surface area (Å²) in [5, 5.41) is 8.09. The number of hydrogen-bond acceptors (Lipinski definition) is 2. The Bertz CT molecular complexity index is 47.7. The first-order valence-electron chi connectivity index (χ1n) is 1.97. The third kappa shape index (κ3) is 2.53. The van der Waals surface area contributed by atoms with E-state index in [1.54, 1.807) is 0 Å². The number of aliphatic hydroxyl groups excluding tert-OH is 1. The molecule has 0 saturated carbocycles. The molecule has 2 nitrogen and oxygen atoms in total. The van der Waals surface area contributed by atoms with Gasteiger partial charge in [-0.1, -0.05) is 0 Å². The second-order valence-electron chi connectivity index (χ2n) is 1.46. The fourth-order valence-electron chi connectivity index (χ4n) is 0.0645. The Morgan fingerprint density at radius 1 is 1.86 bits per heavy atom. The van der Waals surface area contributed by atoms with Crippen LogP contribution in [-0.2, 0) is 4.74 Å². The molecule has 0 amide bonds. The van der Waals surface area contributed by atoms with Crippen molar-refractivity contribution in [3.05, 3.63) is 0 Å². The van der Waals surface area contributed by atoms with Gasteiger partial charge in [0.25, 0.3) is 0 Å². The lowest BCUT2D eigenvalue weighted by molar-refractivity contribution is -0.135. The van der Waals surface area contributed by atoms with Crippen molar-refractivity contribution in [2.24, 2.45) is 0 Å². The highest BCUT2D eigenvalue weighted by Crippen LogP contribution is 2.06. The van der Waals surface area contributed by atoms with Crippen LogP contribution in [0.25, 0.3) is 0 Å². The number of methoxy groups -OCH3 is 1. The van der Waals surface area contributed by atoms with Gasteiger partial charge in [-0.3, -0.25) is 0 Å². The van der Waals surface area contributed by atoms with E-state index in [0.717, 1.165) is 6.92 Å². The van der Waals surface area contributed by atoms with Gasteiger partial charge in [0.05, 0.1) is 0 Å². The average molecular weight is 108 g/mol. The molecule has 0 aliphatic rings. The van der Waals surface area contributed by atoms with Crippen molar-refractivity contribution in [3.63, 3.8) is 0 Å². The van der Waals surface area contributed by atoms with Crippen LogP contribution in [0.4, 0.5) is 4.39 Å². The van der Waals surface area contributed by atoms with Gasteiger partial charge in [-0.15, -0.1) is 0 Å². The molecule has 0 saturated heterocycles. The highest BCUT2D eigenvalue weighted by atomic mass is 19.2. The van der Waals surface area contributed by atoms with Gasteiger partial charge in [0.2, 0.25) is 5.85 Å². The van der Waals surface area contributed by atoms with Crippen molar-refractivity contribution in [2.45, 2.75) is 12.8 Å². The van der Waals surface area contributed by atoms with E-state index in [-0.39, 0.29) is 0 Å². The first-order chi connectivity index (χ1) is 3.12. The van der Waals surface area contributed by atoms with Gasteiger partial charge >= 0.3 is 0 Å². The molecule has 44 valence electrons. The first-order valence-corrected chi connectivity index (χ1v) is 1.97. The van der Waals surface area contributed by atoms with E-state index in [2.05, 4.69) is 4.74 Å². The van der Waals surface area contributed by atoms with Crippen LogP contribution in [0.2, 0.25) is 0 Å². The second-order valence-corrected chi connectivity index (χ2v) is 1.46. The molecule has 0 radical (unpaired) electrons. The third-order valence-electron chi connectivity index (χ3n) is 0.708. The zero-order valence-electron chi connectivity index (χ0n) is 4.44. The molecule has 0 spiro atoms.